The van der Waals surface area contributed by atoms with Crippen molar-refractivity contribution < 1.29 is 9.15 Å². The van der Waals surface area contributed by atoms with E-state index in [2.05, 4.69) is 92.9 Å². The van der Waals surface area contributed by atoms with E-state index in [9.17, 15) is 0 Å². The Bertz CT molecular complexity index is 1130. The Morgan fingerprint density at radius 3 is 2.41 bits per heavy atom. The lowest BCUT2D eigenvalue weighted by molar-refractivity contribution is 0.0541. The van der Waals surface area contributed by atoms with Crippen molar-refractivity contribution in [2.24, 2.45) is 0 Å². The first-order chi connectivity index (χ1) is 14.2. The van der Waals surface area contributed by atoms with Crippen LogP contribution >= 0.6 is 15.9 Å². The number of aromatic nitrogens is 2. The Hall–Kier alpha value is -2.50. The van der Waals surface area contributed by atoms with Gasteiger partial charge in [-0.15, -0.1) is 10.2 Å². The molecule has 2 heterocycles. The van der Waals surface area contributed by atoms with E-state index in [1.54, 1.807) is 0 Å². The number of ether oxygens (including phenoxy) is 1. The summed E-state index contributed by atoms with van der Waals surface area (Å²) in [6.45, 7) is 1.39. The number of hydrogen-bond acceptors (Lipinski definition) is 4. The van der Waals surface area contributed by atoms with Gasteiger partial charge in [0.2, 0.25) is 11.8 Å². The summed E-state index contributed by atoms with van der Waals surface area (Å²) in [6, 6.07) is 23.3. The van der Waals surface area contributed by atoms with E-state index in [4.69, 9.17) is 9.15 Å². The van der Waals surface area contributed by atoms with Gasteiger partial charge >= 0.3 is 0 Å². The van der Waals surface area contributed by atoms with Gasteiger partial charge in [0.25, 0.3) is 0 Å². The largest absolute Gasteiger partial charge is 0.424 e. The number of benzene rings is 3. The molecule has 29 heavy (non-hydrogen) atoms. The Kier molecular flexibility index (Phi) is 4.94. The maximum atomic E-state index is 6.24. The van der Waals surface area contributed by atoms with Gasteiger partial charge in [-0.3, -0.25) is 0 Å². The van der Waals surface area contributed by atoms with E-state index in [-0.39, 0.29) is 5.41 Å². The van der Waals surface area contributed by atoms with Crippen molar-refractivity contribution in [1.29, 1.82) is 0 Å². The molecular weight excluding hydrogens is 428 g/mol. The minimum Gasteiger partial charge on any atom is -0.424 e. The molecular formula is C24H21BrN2O2. The van der Waals surface area contributed by atoms with E-state index >= 15 is 0 Å². The zero-order valence-electron chi connectivity index (χ0n) is 16.0. The number of hydrogen-bond donors (Lipinski definition) is 0. The van der Waals surface area contributed by atoms with Crippen LogP contribution in [0.1, 0.15) is 35.7 Å². The molecule has 1 aromatic heterocycles. The smallest absolute Gasteiger partial charge is 0.227 e. The zero-order valence-corrected chi connectivity index (χ0v) is 17.6. The topological polar surface area (TPSA) is 48.2 Å². The van der Waals surface area contributed by atoms with Crippen LogP contribution in [0.5, 0.6) is 0 Å². The van der Waals surface area contributed by atoms with Crippen LogP contribution in [0.25, 0.3) is 10.8 Å². The van der Waals surface area contributed by atoms with Crippen molar-refractivity contribution >= 4 is 26.7 Å². The highest BCUT2D eigenvalue weighted by molar-refractivity contribution is 9.10. The molecule has 1 aliphatic heterocycles. The van der Waals surface area contributed by atoms with Crippen molar-refractivity contribution in [3.05, 3.63) is 94.1 Å². The second-order valence-electron chi connectivity index (χ2n) is 7.56. The average Bonchev–Trinajstić information content (AvgIpc) is 3.24. The number of fused-ring (bicyclic) bond motifs is 1. The zero-order chi connectivity index (χ0) is 19.7. The molecule has 0 radical (unpaired) electrons. The van der Waals surface area contributed by atoms with E-state index in [1.165, 1.54) is 21.9 Å². The highest BCUT2D eigenvalue weighted by Gasteiger charge is 2.41. The van der Waals surface area contributed by atoms with Crippen LogP contribution in [0.15, 0.2) is 75.6 Å². The molecule has 0 aliphatic carbocycles. The molecule has 1 saturated heterocycles. The third-order valence-electron chi connectivity index (χ3n) is 5.79. The van der Waals surface area contributed by atoms with Gasteiger partial charge in [0.05, 0.1) is 11.8 Å². The lowest BCUT2D eigenvalue weighted by Gasteiger charge is -2.34. The third kappa shape index (κ3) is 3.61. The molecule has 0 amide bonds. The predicted molar refractivity (Wildman–Crippen MR) is 116 cm³/mol. The summed E-state index contributed by atoms with van der Waals surface area (Å²) < 4.78 is 12.9. The molecule has 1 fully saturated rings. The van der Waals surface area contributed by atoms with E-state index in [0.29, 0.717) is 31.4 Å². The lowest BCUT2D eigenvalue weighted by atomic mass is 9.74. The van der Waals surface area contributed by atoms with Gasteiger partial charge in [-0.2, -0.15) is 0 Å². The molecule has 0 N–H and O–H groups in total. The van der Waals surface area contributed by atoms with E-state index in [1.807, 2.05) is 0 Å². The fraction of sp³-hybridized carbons (Fsp3) is 0.250. The van der Waals surface area contributed by atoms with Crippen LogP contribution in [0.2, 0.25) is 0 Å². The molecule has 0 atom stereocenters. The monoisotopic (exact) mass is 448 g/mol. The summed E-state index contributed by atoms with van der Waals surface area (Å²) in [6.07, 6.45) is 2.31. The second kappa shape index (κ2) is 7.73. The highest BCUT2D eigenvalue weighted by atomic mass is 79.9. The van der Waals surface area contributed by atoms with Crippen molar-refractivity contribution in [3.63, 3.8) is 0 Å². The Morgan fingerprint density at radius 1 is 0.862 bits per heavy atom. The van der Waals surface area contributed by atoms with Crippen LogP contribution in [0, 0.1) is 0 Å². The molecule has 1 aliphatic rings. The summed E-state index contributed by atoms with van der Waals surface area (Å²) in [5.41, 5.74) is 2.08. The molecule has 3 aromatic carbocycles. The summed E-state index contributed by atoms with van der Waals surface area (Å²) in [5.74, 6) is 1.34. The van der Waals surface area contributed by atoms with E-state index < -0.39 is 0 Å². The minimum atomic E-state index is -0.284. The number of nitrogens with zero attached hydrogens (tertiary/aromatic N) is 2. The molecule has 0 saturated carbocycles. The van der Waals surface area contributed by atoms with Gasteiger partial charge in [0, 0.05) is 17.7 Å². The SMILES string of the molecule is Brc1ccc(C2(c3nnc(Cc4ccc5ccccc5c4)o3)CCOCC2)cc1. The lowest BCUT2D eigenvalue weighted by Crippen LogP contribution is -2.35. The van der Waals surface area contributed by atoms with Crippen LogP contribution in [0.3, 0.4) is 0 Å². The minimum absolute atomic E-state index is 0.284. The van der Waals surface area contributed by atoms with Crippen LogP contribution in [-0.2, 0) is 16.6 Å². The van der Waals surface area contributed by atoms with Crippen molar-refractivity contribution in [1.82, 2.24) is 10.2 Å². The Morgan fingerprint density at radius 2 is 1.62 bits per heavy atom. The first-order valence-electron chi connectivity index (χ1n) is 9.87. The molecule has 5 rings (SSSR count). The predicted octanol–water partition coefficient (Wildman–Crippen LogP) is 5.67. The van der Waals surface area contributed by atoms with Gasteiger partial charge < -0.3 is 9.15 Å². The Labute approximate surface area is 178 Å². The maximum absolute atomic E-state index is 6.24. The normalized spacial score (nSPS) is 16.2. The molecule has 0 spiro atoms. The molecule has 5 heteroatoms. The number of halogens is 1. The van der Waals surface area contributed by atoms with Crippen LogP contribution < -0.4 is 0 Å². The molecule has 4 aromatic rings. The summed E-state index contributed by atoms with van der Waals surface area (Å²) >= 11 is 3.53. The van der Waals surface area contributed by atoms with Gasteiger partial charge in [0.1, 0.15) is 0 Å². The molecule has 0 unspecified atom stereocenters. The highest BCUT2D eigenvalue weighted by Crippen LogP contribution is 2.41. The van der Waals surface area contributed by atoms with Crippen molar-refractivity contribution in [3.8, 4) is 0 Å². The quantitative estimate of drug-likeness (QED) is 0.403. The number of rotatable bonds is 4. The van der Waals surface area contributed by atoms with Crippen molar-refractivity contribution in [2.45, 2.75) is 24.7 Å². The third-order valence-corrected chi connectivity index (χ3v) is 6.32. The van der Waals surface area contributed by atoms with Gasteiger partial charge in [-0.05, 0) is 46.9 Å². The summed E-state index contributed by atoms with van der Waals surface area (Å²) in [4.78, 5) is 0. The first-order valence-corrected chi connectivity index (χ1v) is 10.7. The van der Waals surface area contributed by atoms with E-state index in [0.717, 1.165) is 17.3 Å². The molecule has 4 nitrogen and oxygen atoms in total. The van der Waals surface area contributed by atoms with Crippen LogP contribution in [-0.4, -0.2) is 23.4 Å². The fourth-order valence-corrected chi connectivity index (χ4v) is 4.42. The maximum Gasteiger partial charge on any atom is 0.227 e. The van der Waals surface area contributed by atoms with Gasteiger partial charge in [-0.25, -0.2) is 0 Å². The second-order valence-corrected chi connectivity index (χ2v) is 8.48. The Balaban J connectivity index is 1.47. The fourth-order valence-electron chi connectivity index (χ4n) is 4.16. The van der Waals surface area contributed by atoms with Gasteiger partial charge in [0.15, 0.2) is 0 Å². The summed E-state index contributed by atoms with van der Waals surface area (Å²) in [7, 11) is 0. The molecule has 146 valence electrons. The van der Waals surface area contributed by atoms with Gasteiger partial charge in [-0.1, -0.05) is 70.5 Å². The first kappa shape index (κ1) is 18.5. The summed E-state index contributed by atoms with van der Waals surface area (Å²) in [5, 5.41) is 11.3. The standard InChI is InChI=1S/C24H21BrN2O2/c25-21-9-7-20(8-10-21)24(11-13-28-14-12-24)23-27-26-22(29-23)16-17-5-6-18-3-1-2-4-19(18)15-17/h1-10,15H,11-14,16H2. The molecule has 0 bridgehead atoms. The van der Waals surface area contributed by atoms with Crippen LogP contribution in [0.4, 0.5) is 0 Å². The van der Waals surface area contributed by atoms with Crippen molar-refractivity contribution in [2.75, 3.05) is 13.2 Å². The average molecular weight is 449 g/mol.